The number of urea groups is 1. The highest BCUT2D eigenvalue weighted by Gasteiger charge is 2.53. The van der Waals surface area contributed by atoms with Gasteiger partial charge < -0.3 is 19.4 Å². The molecule has 2 aliphatic heterocycles. The Morgan fingerprint density at radius 1 is 1.30 bits per heavy atom. The highest BCUT2D eigenvalue weighted by molar-refractivity contribution is 6.08. The number of carbonyl (C=O) groups is 3. The number of nitrogens with one attached hydrogen (secondary N) is 2. The van der Waals surface area contributed by atoms with Gasteiger partial charge in [-0.2, -0.15) is 13.2 Å². The van der Waals surface area contributed by atoms with Crippen molar-refractivity contribution in [3.63, 3.8) is 0 Å². The maximum atomic E-state index is 13.1. The van der Waals surface area contributed by atoms with Crippen LogP contribution in [0.4, 0.5) is 18.0 Å². The summed E-state index contributed by atoms with van der Waals surface area (Å²) < 4.78 is 50.1. The van der Waals surface area contributed by atoms with Gasteiger partial charge in [0, 0.05) is 37.2 Å². The molecule has 9 nitrogen and oxygen atoms in total. The average molecular weight is 462 g/mol. The van der Waals surface area contributed by atoms with Crippen molar-refractivity contribution >= 4 is 28.9 Å². The number of furan rings is 1. The second-order valence-corrected chi connectivity index (χ2v) is 8.04. The van der Waals surface area contributed by atoms with Crippen LogP contribution in [0.5, 0.6) is 0 Å². The Labute approximate surface area is 184 Å². The summed E-state index contributed by atoms with van der Waals surface area (Å²) in [5.41, 5.74) is -1.63. The smallest absolute Gasteiger partial charge is 0.417 e. The third-order valence-electron chi connectivity index (χ3n) is 6.00. The van der Waals surface area contributed by atoms with E-state index in [0.717, 1.165) is 11.6 Å². The van der Waals surface area contributed by atoms with Crippen molar-refractivity contribution in [3.8, 4) is 0 Å². The molecule has 5 rings (SSSR count). The maximum Gasteiger partial charge on any atom is 0.417 e. The number of pyridine rings is 1. The fraction of sp³-hybridized carbons (Fsp3) is 0.333. The lowest BCUT2D eigenvalue weighted by Crippen LogP contribution is -2.53. The summed E-state index contributed by atoms with van der Waals surface area (Å²) in [6.45, 7) is -0.0868. The number of amides is 4. The number of aromatic nitrogens is 1. The Hall–Kier alpha value is -3.67. The predicted octanol–water partition coefficient (Wildman–Crippen LogP) is 2.00. The number of methoxy groups -OCH3 is 1. The number of alkyl halides is 3. The van der Waals surface area contributed by atoms with Crippen LogP contribution in [0.25, 0.3) is 11.1 Å². The summed E-state index contributed by atoms with van der Waals surface area (Å²) in [6, 6.07) is 1.25. The van der Waals surface area contributed by atoms with E-state index in [1.165, 1.54) is 18.1 Å². The molecular weight excluding hydrogens is 445 g/mol. The highest BCUT2D eigenvalue weighted by Crippen LogP contribution is 2.37. The number of carbonyl (C=O) groups excluding carboxylic acids is 3. The van der Waals surface area contributed by atoms with Crippen molar-refractivity contribution in [2.75, 3.05) is 20.2 Å². The van der Waals surface area contributed by atoms with Crippen LogP contribution in [0.1, 0.15) is 17.7 Å². The molecule has 12 heteroatoms. The van der Waals surface area contributed by atoms with Gasteiger partial charge in [0.15, 0.2) is 5.54 Å². The zero-order chi connectivity index (χ0) is 23.5. The molecule has 2 N–H and O–H groups in total. The zero-order valence-corrected chi connectivity index (χ0v) is 17.2. The van der Waals surface area contributed by atoms with E-state index in [1.54, 1.807) is 6.08 Å². The van der Waals surface area contributed by atoms with E-state index in [0.29, 0.717) is 18.2 Å². The minimum absolute atomic E-state index is 0.00388. The number of rotatable bonds is 4. The van der Waals surface area contributed by atoms with Gasteiger partial charge in [-0.1, -0.05) is 12.2 Å². The summed E-state index contributed by atoms with van der Waals surface area (Å²) in [4.78, 5) is 43.0. The number of hydrogen-bond donors (Lipinski definition) is 2. The molecule has 172 valence electrons. The molecule has 1 saturated heterocycles. The molecule has 0 spiro atoms. The van der Waals surface area contributed by atoms with E-state index >= 15 is 0 Å². The topological polar surface area (TPSA) is 114 Å². The fourth-order valence-electron chi connectivity index (χ4n) is 4.29. The van der Waals surface area contributed by atoms with Crippen molar-refractivity contribution in [2.24, 2.45) is 0 Å². The Balaban J connectivity index is 1.50. The number of halogens is 3. The van der Waals surface area contributed by atoms with Crippen molar-refractivity contribution < 1.29 is 36.7 Å². The van der Waals surface area contributed by atoms with E-state index in [1.807, 2.05) is 6.08 Å². The lowest BCUT2D eigenvalue weighted by molar-refractivity contribution is -0.137. The molecule has 0 radical (unpaired) electrons. The molecule has 0 saturated carbocycles. The third-order valence-corrected chi connectivity index (χ3v) is 6.00. The molecule has 33 heavy (non-hydrogen) atoms. The van der Waals surface area contributed by atoms with E-state index in [4.69, 9.17) is 9.15 Å². The minimum atomic E-state index is -4.62. The van der Waals surface area contributed by atoms with Crippen LogP contribution in [0.2, 0.25) is 0 Å². The minimum Gasteiger partial charge on any atom is -0.440 e. The van der Waals surface area contributed by atoms with Crippen LogP contribution in [0.3, 0.4) is 0 Å². The van der Waals surface area contributed by atoms with Gasteiger partial charge in [-0.3, -0.25) is 14.9 Å². The molecule has 4 heterocycles. The second kappa shape index (κ2) is 7.17. The van der Waals surface area contributed by atoms with E-state index in [2.05, 4.69) is 15.6 Å². The fourth-order valence-corrected chi connectivity index (χ4v) is 4.29. The van der Waals surface area contributed by atoms with Gasteiger partial charge in [0.25, 0.3) is 11.8 Å². The first-order valence-electron chi connectivity index (χ1n) is 9.94. The number of ether oxygens (including phenoxy) is 1. The summed E-state index contributed by atoms with van der Waals surface area (Å²) in [6.07, 6.45) is -0.253. The molecule has 0 bridgehead atoms. The molecule has 4 amide bonds. The largest absolute Gasteiger partial charge is 0.440 e. The summed E-state index contributed by atoms with van der Waals surface area (Å²) in [5.74, 6) is -1.24. The first-order chi connectivity index (χ1) is 15.6. The summed E-state index contributed by atoms with van der Waals surface area (Å²) >= 11 is 0. The Bertz CT molecular complexity index is 1260. The lowest BCUT2D eigenvalue weighted by atomic mass is 9.95. The average Bonchev–Trinajstić information content (AvgIpc) is 3.41. The third kappa shape index (κ3) is 3.37. The van der Waals surface area contributed by atoms with Gasteiger partial charge in [-0.25, -0.2) is 9.78 Å². The molecule has 2 aromatic rings. The first-order valence-corrected chi connectivity index (χ1v) is 9.94. The first kappa shape index (κ1) is 21.2. The standard InChI is InChI=1S/C21H17F3N4O5/c1-32-13-3-2-10-8-28(17(29)14(10)6-13)9-20(18(30)26-19(31)27-20)15-5-11-4-12(21(22,23)24)7-25-16(11)33-15/h2-5,7,13H,6,8-9H2,1H3,(H2,26,27,30,31)/t13?,20-/m0/s1. The van der Waals surface area contributed by atoms with E-state index in [9.17, 15) is 27.6 Å². The van der Waals surface area contributed by atoms with Crippen LogP contribution in [0, 0.1) is 0 Å². The number of fused-ring (bicyclic) bond motifs is 1. The van der Waals surface area contributed by atoms with Crippen LogP contribution in [-0.4, -0.2) is 54.0 Å². The Morgan fingerprint density at radius 2 is 2.09 bits per heavy atom. The molecule has 1 aliphatic carbocycles. The van der Waals surface area contributed by atoms with Gasteiger partial charge in [0.2, 0.25) is 5.71 Å². The molecule has 3 aliphatic rings. The quantitative estimate of drug-likeness (QED) is 0.672. The van der Waals surface area contributed by atoms with Gasteiger partial charge >= 0.3 is 12.2 Å². The van der Waals surface area contributed by atoms with Crippen molar-refractivity contribution in [1.82, 2.24) is 20.5 Å². The monoisotopic (exact) mass is 462 g/mol. The van der Waals surface area contributed by atoms with Crippen LogP contribution < -0.4 is 10.6 Å². The maximum absolute atomic E-state index is 13.1. The molecule has 1 unspecified atom stereocenters. The molecule has 2 atom stereocenters. The van der Waals surface area contributed by atoms with Gasteiger partial charge in [-0.05, 0) is 17.7 Å². The lowest BCUT2D eigenvalue weighted by Gasteiger charge is -2.29. The van der Waals surface area contributed by atoms with Crippen molar-refractivity contribution in [2.45, 2.75) is 24.2 Å². The number of imide groups is 1. The zero-order valence-electron chi connectivity index (χ0n) is 17.2. The Kier molecular flexibility index (Phi) is 4.60. The number of nitrogens with zero attached hydrogens (tertiary/aromatic N) is 2. The Morgan fingerprint density at radius 3 is 2.76 bits per heavy atom. The number of hydrogen-bond acceptors (Lipinski definition) is 6. The SMILES string of the molecule is COC1C=CC2=C(C1)C(=O)N(C[C@@]1(c3cc4cc(C(F)(F)F)cnc4o3)NC(=O)NC1=O)C2. The van der Waals surface area contributed by atoms with Crippen LogP contribution >= 0.6 is 0 Å². The molecule has 2 aromatic heterocycles. The van der Waals surface area contributed by atoms with Crippen LogP contribution in [-0.2, 0) is 26.0 Å². The normalized spacial score (nSPS) is 25.2. The summed E-state index contributed by atoms with van der Waals surface area (Å²) in [5, 5.41) is 4.61. The highest BCUT2D eigenvalue weighted by atomic mass is 19.4. The predicted molar refractivity (Wildman–Crippen MR) is 106 cm³/mol. The van der Waals surface area contributed by atoms with Gasteiger partial charge in [-0.15, -0.1) is 0 Å². The second-order valence-electron chi connectivity index (χ2n) is 8.04. The van der Waals surface area contributed by atoms with Gasteiger partial charge in [0.1, 0.15) is 5.76 Å². The van der Waals surface area contributed by atoms with Crippen molar-refractivity contribution in [3.05, 3.63) is 53.0 Å². The molecule has 0 aromatic carbocycles. The van der Waals surface area contributed by atoms with E-state index < -0.39 is 29.2 Å². The molecule has 1 fully saturated rings. The molecular formula is C21H17F3N4O5. The summed E-state index contributed by atoms with van der Waals surface area (Å²) in [7, 11) is 1.53. The van der Waals surface area contributed by atoms with E-state index in [-0.39, 0.29) is 42.0 Å². The van der Waals surface area contributed by atoms with Crippen molar-refractivity contribution in [1.29, 1.82) is 0 Å². The van der Waals surface area contributed by atoms with Crippen LogP contribution in [0.15, 0.2) is 46.0 Å². The van der Waals surface area contributed by atoms with Gasteiger partial charge in [0.05, 0.1) is 18.2 Å².